The first-order valence-corrected chi connectivity index (χ1v) is 31.0. The highest BCUT2D eigenvalue weighted by Gasteiger charge is 2.47. The number of para-hydroxylation sites is 2. The van der Waals surface area contributed by atoms with Crippen molar-refractivity contribution in [2.75, 3.05) is 9.80 Å². The van der Waals surface area contributed by atoms with Crippen LogP contribution in [-0.2, 0) is 9.59 Å². The van der Waals surface area contributed by atoms with E-state index in [9.17, 15) is 14.4 Å². The lowest BCUT2D eigenvalue weighted by Crippen LogP contribution is -2.62. The van der Waals surface area contributed by atoms with Crippen LogP contribution in [0.4, 0.5) is 11.4 Å². The lowest BCUT2D eigenvalue weighted by molar-refractivity contribution is -0.125. The number of fused-ring (bicyclic) bond motifs is 2. The average molecular weight is 1370 g/mol. The Morgan fingerprint density at radius 2 is 0.870 bits per heavy atom. The minimum Gasteiger partial charge on any atom is -0.338 e. The lowest BCUT2D eigenvalue weighted by Gasteiger charge is -2.39. The molecule has 2 atom stereocenters. The number of halogens is 6. The Morgan fingerprint density at radius 3 is 1.42 bits per heavy atom. The standard InChI is InChI=1S/C70H48Cl6N8O6S2/c71-69(72,73)65(79-57(85)40-34-45-19-6-1-7-20-45)84(64(90)51-27-14-5-15-28-51)68(92)82(55-32-16-29-48-30-18-43-77-59(48)55)62(88)52-38-36-47(37-39-52)53-42-44-78-60-54(53)31-17-33-56(60)81(61(87)49-23-10-3-11-24-49)67(91)80-66(70(74,75)76)83(63(89)50-25-12-4-13-26-50)58(86)41-35-46-21-8-2-9-22-46/h1-44,65-66H,(H,79,85)(H,80,91)/b40-34+,41-35+. The first-order valence-electron chi connectivity index (χ1n) is 27.9. The van der Waals surface area contributed by atoms with Crippen molar-refractivity contribution < 1.29 is 28.8 Å². The van der Waals surface area contributed by atoms with Crippen molar-refractivity contribution in [1.82, 2.24) is 30.4 Å². The first kappa shape index (κ1) is 65.7. The van der Waals surface area contributed by atoms with Gasteiger partial charge in [0.15, 0.2) is 22.6 Å². The van der Waals surface area contributed by atoms with Gasteiger partial charge in [0.2, 0.25) is 13.5 Å². The molecule has 10 rings (SSSR count). The maximum Gasteiger partial charge on any atom is 0.264 e. The zero-order valence-corrected chi connectivity index (χ0v) is 53.9. The number of hydrogen-bond acceptors (Lipinski definition) is 10. The number of carbonyl (C=O) groups is 6. The van der Waals surface area contributed by atoms with Gasteiger partial charge in [-0.2, -0.15) is 0 Å². The summed E-state index contributed by atoms with van der Waals surface area (Å²) in [5.74, 6) is -4.76. The van der Waals surface area contributed by atoms with Gasteiger partial charge < -0.3 is 10.6 Å². The van der Waals surface area contributed by atoms with Gasteiger partial charge in [0.1, 0.15) is 0 Å². The number of nitrogens with one attached hydrogen (secondary N) is 2. The van der Waals surface area contributed by atoms with E-state index in [1.807, 2.05) is 12.1 Å². The maximum atomic E-state index is 15.6. The van der Waals surface area contributed by atoms with Crippen molar-refractivity contribution in [3.05, 3.63) is 288 Å². The number of hydrogen-bond donors (Lipinski definition) is 2. The van der Waals surface area contributed by atoms with E-state index in [4.69, 9.17) is 99.0 Å². The molecule has 14 nitrogen and oxygen atoms in total. The van der Waals surface area contributed by atoms with Crippen molar-refractivity contribution in [1.29, 1.82) is 0 Å². The summed E-state index contributed by atoms with van der Waals surface area (Å²) in [6.45, 7) is 0. The Bertz CT molecular complexity index is 4470. The van der Waals surface area contributed by atoms with Gasteiger partial charge in [-0.05, 0) is 132 Å². The third kappa shape index (κ3) is 15.2. The molecule has 2 heterocycles. The number of rotatable bonds is 15. The first-order chi connectivity index (χ1) is 44.3. The van der Waals surface area contributed by atoms with Crippen LogP contribution in [0.5, 0.6) is 0 Å². The van der Waals surface area contributed by atoms with Crippen LogP contribution >= 0.6 is 94.0 Å². The van der Waals surface area contributed by atoms with E-state index >= 15 is 14.4 Å². The van der Waals surface area contributed by atoms with Crippen LogP contribution in [0, 0.1) is 0 Å². The predicted molar refractivity (Wildman–Crippen MR) is 375 cm³/mol. The van der Waals surface area contributed by atoms with Gasteiger partial charge >= 0.3 is 0 Å². The molecule has 2 N–H and O–H groups in total. The number of anilines is 2. The topological polar surface area (TPSA) is 165 Å². The third-order valence-corrected chi connectivity index (χ3v) is 16.1. The summed E-state index contributed by atoms with van der Waals surface area (Å²) in [4.78, 5) is 102. The molecule has 458 valence electrons. The number of imide groups is 1. The van der Waals surface area contributed by atoms with E-state index in [1.54, 1.807) is 194 Å². The highest BCUT2D eigenvalue weighted by atomic mass is 35.6. The summed E-state index contributed by atoms with van der Waals surface area (Å²) in [5.41, 5.74) is 3.69. The monoisotopic (exact) mass is 1370 g/mol. The van der Waals surface area contributed by atoms with Crippen molar-refractivity contribution in [3.8, 4) is 11.1 Å². The predicted octanol–water partition coefficient (Wildman–Crippen LogP) is 15.6. The number of aromatic nitrogens is 2. The number of alkyl halides is 6. The minimum atomic E-state index is -2.48. The number of carbonyl (C=O) groups excluding carboxylic acids is 6. The maximum absolute atomic E-state index is 15.6. The largest absolute Gasteiger partial charge is 0.338 e. The summed E-state index contributed by atoms with van der Waals surface area (Å²) >= 11 is 52.8. The number of thiocarbonyl (C=S) groups is 2. The van der Waals surface area contributed by atoms with Crippen LogP contribution in [0.25, 0.3) is 45.1 Å². The van der Waals surface area contributed by atoms with Gasteiger partial charge in [0.25, 0.3) is 29.5 Å². The zero-order valence-electron chi connectivity index (χ0n) is 47.8. The number of nitrogens with zero attached hydrogens (tertiary/aromatic N) is 6. The van der Waals surface area contributed by atoms with Crippen LogP contribution in [0.1, 0.15) is 52.6 Å². The Morgan fingerprint density at radius 1 is 0.424 bits per heavy atom. The molecule has 2 aromatic heterocycles. The molecule has 92 heavy (non-hydrogen) atoms. The molecule has 0 bridgehead atoms. The Labute approximate surface area is 569 Å². The second-order valence-electron chi connectivity index (χ2n) is 20.1. The highest BCUT2D eigenvalue weighted by Crippen LogP contribution is 2.39. The summed E-state index contributed by atoms with van der Waals surface area (Å²) in [6.07, 6.45) is 4.78. The van der Waals surface area contributed by atoms with E-state index in [-0.39, 0.29) is 39.1 Å². The SMILES string of the molecule is O=C(/C=C/c1ccccc1)NC(N(C(=O)c1ccccc1)C(=S)N(C(=O)c1ccc(-c2ccnc3c(N(C(=O)c4ccccc4)C(=S)NC(N(C(=O)/C=C/c4ccccc4)C(=O)c4ccccc4)C(Cl)(Cl)Cl)cccc23)cc1)c1cccc2cccnc12)C(Cl)(Cl)Cl. The molecule has 0 aliphatic rings. The molecule has 0 radical (unpaired) electrons. The summed E-state index contributed by atoms with van der Waals surface area (Å²) in [7, 11) is 0. The van der Waals surface area contributed by atoms with Gasteiger partial charge in [-0.25, -0.2) is 4.90 Å². The highest BCUT2D eigenvalue weighted by molar-refractivity contribution is 7.80. The molecule has 22 heteroatoms. The number of pyridine rings is 2. The second kappa shape index (κ2) is 29.4. The van der Waals surface area contributed by atoms with Crippen LogP contribution < -0.4 is 20.4 Å². The van der Waals surface area contributed by atoms with Crippen LogP contribution in [0.2, 0.25) is 0 Å². The normalized spacial score (nSPS) is 12.2. The molecule has 0 saturated carbocycles. The quantitative estimate of drug-likeness (QED) is 0.0434. The van der Waals surface area contributed by atoms with E-state index in [0.717, 1.165) is 25.7 Å². The molecule has 0 fully saturated rings. The van der Waals surface area contributed by atoms with Gasteiger partial charge in [0.05, 0.1) is 22.4 Å². The van der Waals surface area contributed by atoms with E-state index < -0.39 is 65.6 Å². The summed E-state index contributed by atoms with van der Waals surface area (Å²) in [6, 6.07) is 63.7. The molecular formula is C70H48Cl6N8O6S2. The van der Waals surface area contributed by atoms with Crippen LogP contribution in [0.3, 0.4) is 0 Å². The average Bonchev–Trinajstić information content (AvgIpc) is 0.785. The third-order valence-electron chi connectivity index (χ3n) is 14.2. The minimum absolute atomic E-state index is 0.0591. The van der Waals surface area contributed by atoms with Crippen LogP contribution in [0.15, 0.2) is 255 Å². The van der Waals surface area contributed by atoms with Crippen molar-refractivity contribution in [2.24, 2.45) is 0 Å². The van der Waals surface area contributed by atoms with E-state index in [1.165, 1.54) is 54.9 Å². The van der Waals surface area contributed by atoms with E-state index in [0.29, 0.717) is 38.5 Å². The lowest BCUT2D eigenvalue weighted by atomic mass is 9.99. The Balaban J connectivity index is 1.04. The van der Waals surface area contributed by atoms with Gasteiger partial charge in [-0.15, -0.1) is 0 Å². The molecule has 6 amide bonds. The molecule has 10 aromatic rings. The van der Waals surface area contributed by atoms with Gasteiger partial charge in [-0.1, -0.05) is 227 Å². The van der Waals surface area contributed by atoms with Crippen molar-refractivity contribution >= 4 is 185 Å². The molecule has 2 unspecified atom stereocenters. The fourth-order valence-electron chi connectivity index (χ4n) is 9.81. The molecular weight excluding hydrogens is 1330 g/mol. The van der Waals surface area contributed by atoms with Gasteiger partial charge in [-0.3, -0.25) is 53.4 Å². The summed E-state index contributed by atoms with van der Waals surface area (Å²) in [5, 5.41) is 5.78. The Hall–Kier alpha value is -9.20. The number of benzene rings is 8. The summed E-state index contributed by atoms with van der Waals surface area (Å²) < 4.78 is -4.96. The smallest absolute Gasteiger partial charge is 0.264 e. The molecule has 0 saturated heterocycles. The van der Waals surface area contributed by atoms with E-state index in [2.05, 4.69) is 15.6 Å². The van der Waals surface area contributed by atoms with Crippen molar-refractivity contribution in [3.63, 3.8) is 0 Å². The van der Waals surface area contributed by atoms with Gasteiger partial charge in [0, 0.05) is 57.6 Å². The zero-order chi connectivity index (χ0) is 65.1. The fraction of sp³-hybridized carbons (Fsp3) is 0.0571. The van der Waals surface area contributed by atoms with Crippen molar-refractivity contribution in [2.45, 2.75) is 19.9 Å². The number of amides is 6. The second-order valence-corrected chi connectivity index (χ2v) is 25.6. The van der Waals surface area contributed by atoms with Crippen LogP contribution in [-0.4, -0.2) is 85.4 Å². The molecule has 0 spiro atoms. The Kier molecular flexibility index (Phi) is 21.0. The molecule has 0 aliphatic carbocycles. The fourth-order valence-corrected chi connectivity index (χ4v) is 11.4. The molecule has 0 aliphatic heterocycles. The molecule has 8 aromatic carbocycles.